The van der Waals surface area contributed by atoms with Gasteiger partial charge in [0.15, 0.2) is 5.69 Å². The Kier molecular flexibility index (Phi) is 5.82. The van der Waals surface area contributed by atoms with Gasteiger partial charge in [0.25, 0.3) is 5.69 Å². The molecule has 13 heteroatoms. The molecule has 2 aliphatic heterocycles. The fraction of sp³-hybridized carbons (Fsp3) is 0.450. The lowest BCUT2D eigenvalue weighted by atomic mass is 9.96. The lowest BCUT2D eigenvalue weighted by Crippen LogP contribution is -2.58. The molecule has 0 aliphatic carbocycles. The van der Waals surface area contributed by atoms with Gasteiger partial charge in [0.05, 0.1) is 40.8 Å². The molecule has 4 rings (SSSR count). The van der Waals surface area contributed by atoms with Crippen LogP contribution in [0.4, 0.5) is 5.69 Å². The smallest absolute Gasteiger partial charge is 0.360 e. The number of ether oxygens (including phenoxy) is 2. The molecule has 1 aromatic carbocycles. The van der Waals surface area contributed by atoms with E-state index in [9.17, 15) is 24.5 Å². The molecule has 33 heavy (non-hydrogen) atoms. The Morgan fingerprint density at radius 1 is 1.33 bits per heavy atom. The molecule has 2 fully saturated rings. The Morgan fingerprint density at radius 2 is 2.03 bits per heavy atom. The van der Waals surface area contributed by atoms with Crippen LogP contribution in [0.25, 0.3) is 0 Å². The molecule has 0 unspecified atom stereocenters. The maximum Gasteiger partial charge on any atom is 0.360 e. The number of esters is 2. The minimum Gasteiger partial charge on any atom is -0.464 e. The van der Waals surface area contributed by atoms with Gasteiger partial charge in [-0.15, -0.1) is 16.9 Å². The largest absolute Gasteiger partial charge is 0.464 e. The molecule has 0 N–H and O–H groups in total. The highest BCUT2D eigenvalue weighted by atomic mass is 32.2. The average molecular weight is 475 g/mol. The second kappa shape index (κ2) is 8.46. The summed E-state index contributed by atoms with van der Waals surface area (Å²) in [7, 11) is 1.25. The summed E-state index contributed by atoms with van der Waals surface area (Å²) in [6.07, 6.45) is 0.330. The molecular weight excluding hydrogens is 454 g/mol. The van der Waals surface area contributed by atoms with E-state index in [0.29, 0.717) is 17.7 Å². The first-order valence-corrected chi connectivity index (χ1v) is 10.9. The number of aromatic nitrogens is 3. The fourth-order valence-corrected chi connectivity index (χ4v) is 5.74. The number of methoxy groups -OCH3 is 1. The fourth-order valence-electron chi connectivity index (χ4n) is 4.01. The van der Waals surface area contributed by atoms with E-state index in [-0.39, 0.29) is 35.8 Å². The predicted molar refractivity (Wildman–Crippen MR) is 114 cm³/mol. The van der Waals surface area contributed by atoms with Gasteiger partial charge < -0.3 is 14.4 Å². The Balaban J connectivity index is 1.52. The zero-order valence-electron chi connectivity index (χ0n) is 18.1. The van der Waals surface area contributed by atoms with Crippen LogP contribution in [0.5, 0.6) is 0 Å². The molecule has 0 spiro atoms. The van der Waals surface area contributed by atoms with Gasteiger partial charge in [-0.05, 0) is 31.5 Å². The molecular formula is C20H21N5O7S. The van der Waals surface area contributed by atoms with Crippen molar-refractivity contribution in [3.8, 4) is 0 Å². The number of thioether (sulfide) groups is 1. The molecule has 0 radical (unpaired) electrons. The van der Waals surface area contributed by atoms with Crippen molar-refractivity contribution in [3.63, 3.8) is 0 Å². The molecule has 3 heterocycles. The highest BCUT2D eigenvalue weighted by Crippen LogP contribution is 2.52. The summed E-state index contributed by atoms with van der Waals surface area (Å²) in [5.74, 6) is -1.33. The lowest BCUT2D eigenvalue weighted by molar-refractivity contribution is -0.384. The summed E-state index contributed by atoms with van der Waals surface area (Å²) >= 11 is 1.48. The van der Waals surface area contributed by atoms with Crippen LogP contribution in [0.3, 0.4) is 0 Å². The minimum absolute atomic E-state index is 0.0617. The van der Waals surface area contributed by atoms with Crippen molar-refractivity contribution in [2.24, 2.45) is 0 Å². The van der Waals surface area contributed by atoms with Crippen molar-refractivity contribution in [3.05, 3.63) is 51.3 Å². The number of nitrogens with zero attached hydrogens (tertiary/aromatic N) is 5. The van der Waals surface area contributed by atoms with E-state index in [1.807, 2.05) is 6.92 Å². The van der Waals surface area contributed by atoms with Crippen LogP contribution in [-0.2, 0) is 32.2 Å². The number of nitro benzene ring substituents is 1. The standard InChI is InChI=1S/C20H21N5O7S/c1-11-16(18(27)31-3)21-22-23(11)10-20(2)17(24-14(26)8-15(24)33-20)19(28)32-9-12-4-6-13(7-5-12)25(29)30/h4-7,15,17H,8-10H2,1-3H3/t15-,17-,20-/m0/s1. The van der Waals surface area contributed by atoms with Gasteiger partial charge in [-0.25, -0.2) is 14.3 Å². The maximum atomic E-state index is 13.1. The van der Waals surface area contributed by atoms with E-state index in [1.165, 1.54) is 52.7 Å². The SMILES string of the molecule is COC(=O)c1nnn(C[C@]2(C)S[C@H]3CC(=O)N3[C@H]2C(=O)OCc2ccc([N+](=O)[O-])cc2)c1C. The molecule has 12 nitrogen and oxygen atoms in total. The van der Waals surface area contributed by atoms with E-state index in [1.54, 1.807) is 6.92 Å². The normalized spacial score (nSPS) is 23.6. The van der Waals surface area contributed by atoms with Crippen LogP contribution >= 0.6 is 11.8 Å². The summed E-state index contributed by atoms with van der Waals surface area (Å²) in [4.78, 5) is 49.1. The molecule has 0 saturated carbocycles. The summed E-state index contributed by atoms with van der Waals surface area (Å²) in [5.41, 5.74) is 1.10. The van der Waals surface area contributed by atoms with E-state index < -0.39 is 27.7 Å². The van der Waals surface area contributed by atoms with Gasteiger partial charge in [0.1, 0.15) is 12.6 Å². The van der Waals surface area contributed by atoms with Crippen molar-refractivity contribution in [2.45, 2.75) is 49.6 Å². The number of hydrogen-bond acceptors (Lipinski definition) is 10. The van der Waals surface area contributed by atoms with E-state index >= 15 is 0 Å². The first-order chi connectivity index (χ1) is 15.6. The molecule has 2 saturated heterocycles. The first-order valence-electron chi connectivity index (χ1n) is 10.0. The third-order valence-electron chi connectivity index (χ3n) is 5.79. The Hall–Kier alpha value is -3.48. The number of nitro groups is 1. The molecule has 1 amide bonds. The number of hydrogen-bond donors (Lipinski definition) is 0. The molecule has 174 valence electrons. The zero-order chi connectivity index (χ0) is 23.9. The van der Waals surface area contributed by atoms with Crippen molar-refractivity contribution in [1.29, 1.82) is 0 Å². The number of fused-ring (bicyclic) bond motifs is 1. The topological polar surface area (TPSA) is 147 Å². The van der Waals surface area contributed by atoms with Gasteiger partial charge >= 0.3 is 11.9 Å². The van der Waals surface area contributed by atoms with Gasteiger partial charge in [0.2, 0.25) is 5.91 Å². The second-order valence-electron chi connectivity index (χ2n) is 8.00. The van der Waals surface area contributed by atoms with Crippen LogP contribution in [0.15, 0.2) is 24.3 Å². The highest BCUT2D eigenvalue weighted by molar-refractivity contribution is 8.01. The predicted octanol–water partition coefficient (Wildman–Crippen LogP) is 1.46. The Labute approximate surface area is 192 Å². The lowest BCUT2D eigenvalue weighted by Gasteiger charge is -2.37. The summed E-state index contributed by atoms with van der Waals surface area (Å²) in [6, 6.07) is 4.83. The van der Waals surface area contributed by atoms with E-state index in [4.69, 9.17) is 9.47 Å². The number of β-lactam (4-membered cyclic amide) rings is 1. The summed E-state index contributed by atoms with van der Waals surface area (Å²) in [5, 5.41) is 18.6. The van der Waals surface area contributed by atoms with E-state index in [2.05, 4.69) is 10.3 Å². The third-order valence-corrected chi connectivity index (χ3v) is 7.34. The number of carbonyl (C=O) groups excluding carboxylic acids is 3. The van der Waals surface area contributed by atoms with Gasteiger partial charge in [-0.1, -0.05) is 5.21 Å². The van der Waals surface area contributed by atoms with Crippen molar-refractivity contribution < 1.29 is 28.8 Å². The molecule has 3 atom stereocenters. The highest BCUT2D eigenvalue weighted by Gasteiger charge is 2.61. The molecule has 2 aromatic rings. The quantitative estimate of drug-likeness (QED) is 0.249. The van der Waals surface area contributed by atoms with Gasteiger partial charge in [0, 0.05) is 12.1 Å². The average Bonchev–Trinajstić information content (AvgIpc) is 3.25. The van der Waals surface area contributed by atoms with Crippen molar-refractivity contribution in [2.75, 3.05) is 7.11 Å². The van der Waals surface area contributed by atoms with Crippen LogP contribution < -0.4 is 0 Å². The maximum absolute atomic E-state index is 13.1. The van der Waals surface area contributed by atoms with Crippen LogP contribution in [0.2, 0.25) is 0 Å². The van der Waals surface area contributed by atoms with Crippen LogP contribution in [0, 0.1) is 17.0 Å². The second-order valence-corrected chi connectivity index (χ2v) is 9.71. The van der Waals surface area contributed by atoms with Gasteiger partial charge in [-0.3, -0.25) is 14.9 Å². The monoisotopic (exact) mass is 475 g/mol. The minimum atomic E-state index is -0.864. The first kappa shape index (κ1) is 22.7. The van der Waals surface area contributed by atoms with Gasteiger partial charge in [-0.2, -0.15) is 0 Å². The number of amides is 1. The number of carbonyl (C=O) groups is 3. The van der Waals surface area contributed by atoms with E-state index in [0.717, 1.165) is 0 Å². The number of rotatable bonds is 7. The van der Waals surface area contributed by atoms with Crippen molar-refractivity contribution >= 4 is 35.3 Å². The van der Waals surface area contributed by atoms with Crippen LogP contribution in [0.1, 0.15) is 35.1 Å². The third kappa shape index (κ3) is 4.03. The molecule has 2 aliphatic rings. The molecule has 0 bridgehead atoms. The Bertz CT molecular complexity index is 1130. The number of benzene rings is 1. The Morgan fingerprint density at radius 3 is 2.64 bits per heavy atom. The van der Waals surface area contributed by atoms with Crippen molar-refractivity contribution in [1.82, 2.24) is 19.9 Å². The number of non-ortho nitro benzene ring substituents is 1. The molecule has 1 aromatic heterocycles. The zero-order valence-corrected chi connectivity index (χ0v) is 18.9. The summed E-state index contributed by atoms with van der Waals surface area (Å²) < 4.78 is 11.0. The summed E-state index contributed by atoms with van der Waals surface area (Å²) in [6.45, 7) is 3.65. The van der Waals surface area contributed by atoms with Crippen LogP contribution in [-0.4, -0.2) is 65.9 Å².